The third-order valence-electron chi connectivity index (χ3n) is 3.98. The first-order valence-electron chi connectivity index (χ1n) is 7.47. The van der Waals surface area contributed by atoms with Crippen LogP contribution in [0.2, 0.25) is 5.02 Å². The van der Waals surface area contributed by atoms with Crippen LogP contribution in [0.5, 0.6) is 0 Å². The van der Waals surface area contributed by atoms with Gasteiger partial charge >= 0.3 is 5.63 Å². The summed E-state index contributed by atoms with van der Waals surface area (Å²) in [5.74, 6) is 0. The van der Waals surface area contributed by atoms with Gasteiger partial charge in [0.15, 0.2) is 0 Å². The Hall–Kier alpha value is -2.86. The van der Waals surface area contributed by atoms with E-state index in [1.807, 2.05) is 48.5 Å². The minimum absolute atomic E-state index is 0.150. The number of nitrogens with one attached hydrogen (secondary N) is 2. The summed E-state index contributed by atoms with van der Waals surface area (Å²) >= 11 is 5.93. The van der Waals surface area contributed by atoms with Gasteiger partial charge in [-0.25, -0.2) is 4.79 Å². The van der Waals surface area contributed by atoms with Gasteiger partial charge in [0.25, 0.3) is 6.20 Å². The van der Waals surface area contributed by atoms with Crippen molar-refractivity contribution in [2.24, 2.45) is 5.10 Å². The molecule has 7 heteroatoms. The minimum Gasteiger partial charge on any atom is -0.302 e. The number of hydrogen-bond acceptors (Lipinski definition) is 4. The molecule has 0 fully saturated rings. The summed E-state index contributed by atoms with van der Waals surface area (Å²) in [5.41, 5.74) is 6.74. The first kappa shape index (κ1) is 14.7. The highest BCUT2D eigenvalue weighted by Crippen LogP contribution is 2.25. The van der Waals surface area contributed by atoms with Gasteiger partial charge in [0.05, 0.1) is 11.8 Å². The Morgan fingerprint density at radius 3 is 2.54 bits per heavy atom. The summed E-state index contributed by atoms with van der Waals surface area (Å²) in [5, 5.41) is 7.69. The summed E-state index contributed by atoms with van der Waals surface area (Å²) in [7, 11) is 0. The highest BCUT2D eigenvalue weighted by Gasteiger charge is 2.21. The molecule has 2 aromatic carbocycles. The molecule has 0 saturated heterocycles. The molecule has 0 aliphatic carbocycles. The van der Waals surface area contributed by atoms with Crippen molar-refractivity contribution >= 4 is 17.3 Å². The van der Waals surface area contributed by atoms with Crippen LogP contribution in [0.4, 0.5) is 0 Å². The van der Waals surface area contributed by atoms with E-state index in [4.69, 9.17) is 11.6 Å². The molecule has 0 radical (unpaired) electrons. The Morgan fingerprint density at radius 2 is 1.88 bits per heavy atom. The number of benzene rings is 2. The average molecular weight is 342 g/mol. The number of H-pyrrole nitrogens is 1. The van der Waals surface area contributed by atoms with Crippen molar-refractivity contribution in [1.29, 1.82) is 0 Å². The zero-order valence-electron chi connectivity index (χ0n) is 12.6. The van der Waals surface area contributed by atoms with Crippen molar-refractivity contribution in [3.8, 4) is 5.69 Å². The van der Waals surface area contributed by atoms with Crippen LogP contribution in [0.15, 0.2) is 69.1 Å². The number of rotatable bonds is 3. The normalized spacial score (nSPS) is 16.7. The molecule has 1 aliphatic rings. The molecule has 0 amide bonds. The van der Waals surface area contributed by atoms with E-state index < -0.39 is 5.63 Å². The quantitative estimate of drug-likeness (QED) is 0.718. The smallest absolute Gasteiger partial charge is 0.302 e. The van der Waals surface area contributed by atoms with Crippen LogP contribution in [-0.4, -0.2) is 11.0 Å². The van der Waals surface area contributed by atoms with Crippen LogP contribution < -0.4 is 15.7 Å². The van der Waals surface area contributed by atoms with Gasteiger partial charge in [-0.1, -0.05) is 23.7 Å². The van der Waals surface area contributed by atoms with Crippen LogP contribution >= 0.6 is 11.6 Å². The monoisotopic (exact) mass is 341 g/mol. The van der Waals surface area contributed by atoms with E-state index in [1.165, 1.54) is 10.9 Å². The molecule has 1 unspecified atom stereocenters. The van der Waals surface area contributed by atoms with E-state index in [0.29, 0.717) is 0 Å². The van der Waals surface area contributed by atoms with E-state index in [1.54, 1.807) is 0 Å². The number of aromatic amines is 1. The van der Waals surface area contributed by atoms with Crippen LogP contribution in [0.25, 0.3) is 5.69 Å². The zero-order valence-corrected chi connectivity index (χ0v) is 13.3. The van der Waals surface area contributed by atoms with Crippen molar-refractivity contribution in [2.75, 3.05) is 0 Å². The van der Waals surface area contributed by atoms with Crippen molar-refractivity contribution in [3.05, 3.63) is 81.3 Å². The Morgan fingerprint density at radius 1 is 1.12 bits per heavy atom. The summed E-state index contributed by atoms with van der Waals surface area (Å²) < 4.78 is 6.18. The molecule has 120 valence electrons. The molecule has 0 spiro atoms. The fraction of sp³-hybridized carbons (Fsp3) is 0.118. The molecule has 6 nitrogen and oxygen atoms in total. The van der Waals surface area contributed by atoms with E-state index in [-0.39, 0.29) is 6.04 Å². The van der Waals surface area contributed by atoms with Gasteiger partial charge in [0, 0.05) is 23.6 Å². The molecule has 0 bridgehead atoms. The van der Waals surface area contributed by atoms with Gasteiger partial charge in [-0.2, -0.15) is 5.10 Å². The largest absolute Gasteiger partial charge is 0.427 e. The maximum atomic E-state index is 11.1. The standard InChI is InChI=1S/C17H13ClN4O2/c18-13-5-1-11(2-6-13)15-9-16(20-19-15)12-3-7-14(8-4-12)22-10-17(23)24-21-22/h1-8,10,15H,9H2,(H-,19,21,23)/p+1. The first-order chi connectivity index (χ1) is 11.7. The lowest BCUT2D eigenvalue weighted by Gasteiger charge is -2.09. The van der Waals surface area contributed by atoms with Crippen LogP contribution in [0, 0.1) is 0 Å². The average Bonchev–Trinajstić information content (AvgIpc) is 3.25. The lowest BCUT2D eigenvalue weighted by molar-refractivity contribution is -0.670. The van der Waals surface area contributed by atoms with Gasteiger partial charge in [-0.05, 0) is 45.3 Å². The fourth-order valence-corrected chi connectivity index (χ4v) is 2.83. The SMILES string of the molecule is O=c1c[n+](-c2ccc(C3=NNC(c4ccc(Cl)cc4)C3)cc2)[nH]o1. The van der Waals surface area contributed by atoms with Gasteiger partial charge < -0.3 is 5.43 Å². The molecular weight excluding hydrogens is 328 g/mol. The number of halogens is 1. The second-order valence-corrected chi connectivity index (χ2v) is 5.99. The highest BCUT2D eigenvalue weighted by molar-refractivity contribution is 6.30. The summed E-state index contributed by atoms with van der Waals surface area (Å²) in [6.45, 7) is 0. The molecular formula is C17H14ClN4O2+. The predicted octanol–water partition coefficient (Wildman–Crippen LogP) is 2.34. The molecule has 1 aliphatic heterocycles. The molecule has 1 aromatic heterocycles. The van der Waals surface area contributed by atoms with E-state index >= 15 is 0 Å². The molecule has 0 saturated carbocycles. The Balaban J connectivity index is 1.50. The second kappa shape index (κ2) is 5.98. The van der Waals surface area contributed by atoms with Crippen molar-refractivity contribution in [3.63, 3.8) is 0 Å². The zero-order chi connectivity index (χ0) is 16.5. The molecule has 2 heterocycles. The number of aromatic nitrogens is 2. The topological polar surface area (TPSA) is 74.3 Å². The first-order valence-corrected chi connectivity index (χ1v) is 7.85. The predicted molar refractivity (Wildman–Crippen MR) is 89.3 cm³/mol. The van der Waals surface area contributed by atoms with Gasteiger partial charge in [0.1, 0.15) is 0 Å². The Kier molecular flexibility index (Phi) is 3.66. The molecule has 4 rings (SSSR count). The van der Waals surface area contributed by atoms with Crippen molar-refractivity contribution < 1.29 is 9.20 Å². The van der Waals surface area contributed by atoms with Crippen molar-refractivity contribution in [2.45, 2.75) is 12.5 Å². The number of nitrogens with zero attached hydrogens (tertiary/aromatic N) is 2. The Bertz CT molecular complexity index is 942. The summed E-state index contributed by atoms with van der Waals surface area (Å²) in [6, 6.07) is 15.7. The highest BCUT2D eigenvalue weighted by atomic mass is 35.5. The van der Waals surface area contributed by atoms with Crippen LogP contribution in [0.3, 0.4) is 0 Å². The fourth-order valence-electron chi connectivity index (χ4n) is 2.70. The summed E-state index contributed by atoms with van der Waals surface area (Å²) in [6.07, 6.45) is 2.15. The lowest BCUT2D eigenvalue weighted by atomic mass is 9.99. The molecule has 3 aromatic rings. The van der Waals surface area contributed by atoms with E-state index in [9.17, 15) is 4.79 Å². The molecule has 24 heavy (non-hydrogen) atoms. The molecule has 1 atom stereocenters. The van der Waals surface area contributed by atoms with Crippen LogP contribution in [-0.2, 0) is 0 Å². The van der Waals surface area contributed by atoms with Gasteiger partial charge in [-0.3, -0.25) is 4.52 Å². The van der Waals surface area contributed by atoms with Crippen molar-refractivity contribution in [1.82, 2.24) is 10.7 Å². The lowest BCUT2D eigenvalue weighted by Crippen LogP contribution is -2.32. The number of hydrogen-bond donors (Lipinski definition) is 2. The van der Waals surface area contributed by atoms with Crippen LogP contribution in [0.1, 0.15) is 23.6 Å². The van der Waals surface area contributed by atoms with Gasteiger partial charge in [0.2, 0.25) is 5.69 Å². The van der Waals surface area contributed by atoms with E-state index in [2.05, 4.69) is 20.3 Å². The van der Waals surface area contributed by atoms with Gasteiger partial charge in [-0.15, -0.1) is 0 Å². The second-order valence-electron chi connectivity index (χ2n) is 5.55. The molecule has 2 N–H and O–H groups in total. The number of hydrazone groups is 1. The third-order valence-corrected chi connectivity index (χ3v) is 4.23. The van der Waals surface area contributed by atoms with E-state index in [0.717, 1.165) is 34.0 Å². The maximum Gasteiger partial charge on any atom is 0.427 e. The third kappa shape index (κ3) is 2.83. The maximum absolute atomic E-state index is 11.1. The minimum atomic E-state index is -0.422. The Labute approximate surface area is 142 Å². The summed E-state index contributed by atoms with van der Waals surface area (Å²) in [4.78, 5) is 11.1.